The molecule has 2 aromatic carbocycles. The first-order chi connectivity index (χ1) is 14.7. The van der Waals surface area contributed by atoms with E-state index in [2.05, 4.69) is 21.4 Å². The molecule has 1 heterocycles. The van der Waals surface area contributed by atoms with E-state index < -0.39 is 0 Å². The van der Waals surface area contributed by atoms with Gasteiger partial charge in [0.25, 0.3) is 0 Å². The summed E-state index contributed by atoms with van der Waals surface area (Å²) >= 11 is 1.55. The van der Waals surface area contributed by atoms with Crippen molar-refractivity contribution >= 4 is 17.4 Å². The number of nitriles is 1. The zero-order chi connectivity index (χ0) is 21.3. The molecular weight excluding hydrogens is 400 g/mol. The van der Waals surface area contributed by atoms with Gasteiger partial charge in [-0.15, -0.1) is 0 Å². The first-order valence-electron chi connectivity index (χ1n) is 9.16. The van der Waals surface area contributed by atoms with Crippen molar-refractivity contribution in [1.82, 2.24) is 9.97 Å². The molecule has 0 amide bonds. The Morgan fingerprint density at radius 1 is 1.00 bits per heavy atom. The number of nitrogens with one attached hydrogen (secondary N) is 1. The minimum Gasteiger partial charge on any atom is -0.493 e. The number of nitrogens with zero attached hydrogens (tertiary/aromatic N) is 3. The van der Waals surface area contributed by atoms with Crippen LogP contribution in [0.1, 0.15) is 11.4 Å². The number of benzene rings is 2. The quantitative estimate of drug-likeness (QED) is 0.406. The lowest BCUT2D eigenvalue weighted by Crippen LogP contribution is -2.00. The summed E-state index contributed by atoms with van der Waals surface area (Å²) in [6.07, 6.45) is 2.29. The lowest BCUT2D eigenvalue weighted by atomic mass is 10.1. The van der Waals surface area contributed by atoms with E-state index in [-0.39, 0.29) is 6.54 Å². The van der Waals surface area contributed by atoms with Crippen LogP contribution in [0.5, 0.6) is 17.2 Å². The smallest absolute Gasteiger partial charge is 0.203 e. The van der Waals surface area contributed by atoms with Gasteiger partial charge in [-0.25, -0.2) is 9.97 Å². The molecule has 3 aromatic rings. The Balaban J connectivity index is 1.75. The molecule has 1 aromatic heterocycles. The molecule has 154 valence electrons. The average Bonchev–Trinajstić information content (AvgIpc) is 2.78. The van der Waals surface area contributed by atoms with Crippen LogP contribution in [0, 0.1) is 11.3 Å². The van der Waals surface area contributed by atoms with Gasteiger partial charge >= 0.3 is 0 Å². The molecule has 30 heavy (non-hydrogen) atoms. The third-order valence-electron chi connectivity index (χ3n) is 4.21. The van der Waals surface area contributed by atoms with Crippen molar-refractivity contribution in [1.29, 1.82) is 5.26 Å². The summed E-state index contributed by atoms with van der Waals surface area (Å²) in [5.74, 6) is 2.45. The Labute approximate surface area is 180 Å². The highest BCUT2D eigenvalue weighted by molar-refractivity contribution is 7.99. The molecule has 0 aliphatic heterocycles. The minimum absolute atomic E-state index is 0.280. The standard InChI is InChI=1S/C22H22N4O3S/c1-27-18-12-15(13-19(28-2)22(18)29-3)14-20-25-10-8-21(26-20)30-17-6-4-16(5-7-17)24-11-9-23/h4-8,10,12-13,24H,11,14H2,1-3H3. The second kappa shape index (κ2) is 10.4. The number of ether oxygens (including phenoxy) is 3. The van der Waals surface area contributed by atoms with Gasteiger partial charge in [0.2, 0.25) is 5.75 Å². The highest BCUT2D eigenvalue weighted by Gasteiger charge is 2.14. The molecule has 0 unspecified atom stereocenters. The largest absolute Gasteiger partial charge is 0.493 e. The zero-order valence-corrected chi connectivity index (χ0v) is 17.8. The Hall–Kier alpha value is -3.44. The van der Waals surface area contributed by atoms with Gasteiger partial charge in [-0.3, -0.25) is 0 Å². The van der Waals surface area contributed by atoms with Crippen molar-refractivity contribution in [2.75, 3.05) is 33.2 Å². The number of methoxy groups -OCH3 is 3. The molecule has 0 saturated carbocycles. The maximum absolute atomic E-state index is 8.64. The average molecular weight is 423 g/mol. The molecule has 7 nitrogen and oxygen atoms in total. The molecule has 1 N–H and O–H groups in total. The Morgan fingerprint density at radius 2 is 1.70 bits per heavy atom. The van der Waals surface area contributed by atoms with E-state index in [4.69, 9.17) is 19.5 Å². The van der Waals surface area contributed by atoms with Gasteiger partial charge in [-0.1, -0.05) is 11.8 Å². The molecule has 0 radical (unpaired) electrons. The van der Waals surface area contributed by atoms with Crippen molar-refractivity contribution in [2.24, 2.45) is 0 Å². The molecule has 0 aliphatic rings. The summed E-state index contributed by atoms with van der Waals surface area (Å²) in [6, 6.07) is 15.6. The normalized spacial score (nSPS) is 10.2. The van der Waals surface area contributed by atoms with Crippen molar-refractivity contribution in [3.8, 4) is 23.3 Å². The lowest BCUT2D eigenvalue weighted by Gasteiger charge is -2.14. The van der Waals surface area contributed by atoms with Gasteiger partial charge in [0, 0.05) is 23.2 Å². The van der Waals surface area contributed by atoms with Gasteiger partial charge in [0.1, 0.15) is 17.4 Å². The molecular formula is C22H22N4O3S. The van der Waals surface area contributed by atoms with E-state index >= 15 is 0 Å². The predicted molar refractivity (Wildman–Crippen MR) is 116 cm³/mol. The van der Waals surface area contributed by atoms with Crippen LogP contribution >= 0.6 is 11.8 Å². The van der Waals surface area contributed by atoms with Crippen molar-refractivity contribution in [2.45, 2.75) is 16.3 Å². The van der Waals surface area contributed by atoms with E-state index in [1.807, 2.05) is 42.5 Å². The van der Waals surface area contributed by atoms with Crippen LogP contribution in [-0.4, -0.2) is 37.8 Å². The highest BCUT2D eigenvalue weighted by Crippen LogP contribution is 2.38. The summed E-state index contributed by atoms with van der Waals surface area (Å²) in [5.41, 5.74) is 1.87. The van der Waals surface area contributed by atoms with E-state index in [0.29, 0.717) is 29.5 Å². The topological polar surface area (TPSA) is 89.3 Å². The fraction of sp³-hybridized carbons (Fsp3) is 0.227. The first kappa shape index (κ1) is 21.3. The second-order valence-electron chi connectivity index (χ2n) is 6.16. The van der Waals surface area contributed by atoms with Crippen LogP contribution in [0.2, 0.25) is 0 Å². The number of rotatable bonds is 9. The summed E-state index contributed by atoms with van der Waals surface area (Å²) in [4.78, 5) is 10.1. The lowest BCUT2D eigenvalue weighted by molar-refractivity contribution is 0.324. The summed E-state index contributed by atoms with van der Waals surface area (Å²) in [7, 11) is 4.77. The number of aromatic nitrogens is 2. The van der Waals surface area contributed by atoms with Crippen LogP contribution in [0.15, 0.2) is 58.6 Å². The maximum atomic E-state index is 8.64. The SMILES string of the molecule is COc1cc(Cc2nccc(Sc3ccc(NCC#N)cc3)n2)cc(OC)c1OC. The van der Waals surface area contributed by atoms with E-state index in [0.717, 1.165) is 21.2 Å². The molecule has 0 atom stereocenters. The van der Waals surface area contributed by atoms with Gasteiger partial charge in [0.15, 0.2) is 11.5 Å². The van der Waals surface area contributed by atoms with Gasteiger partial charge in [0.05, 0.1) is 27.4 Å². The van der Waals surface area contributed by atoms with Gasteiger partial charge in [-0.05, 0) is 48.0 Å². The van der Waals surface area contributed by atoms with Gasteiger partial charge in [-0.2, -0.15) is 5.26 Å². The molecule has 0 fully saturated rings. The van der Waals surface area contributed by atoms with Crippen molar-refractivity contribution in [3.05, 3.63) is 60.0 Å². The molecule has 0 spiro atoms. The zero-order valence-electron chi connectivity index (χ0n) is 17.0. The molecule has 0 aliphatic carbocycles. The molecule has 8 heteroatoms. The third kappa shape index (κ3) is 5.33. The van der Waals surface area contributed by atoms with Gasteiger partial charge < -0.3 is 19.5 Å². The number of hydrogen-bond donors (Lipinski definition) is 1. The van der Waals surface area contributed by atoms with E-state index in [9.17, 15) is 0 Å². The van der Waals surface area contributed by atoms with Crippen LogP contribution in [-0.2, 0) is 6.42 Å². The van der Waals surface area contributed by atoms with Crippen molar-refractivity contribution in [3.63, 3.8) is 0 Å². The third-order valence-corrected chi connectivity index (χ3v) is 5.16. The Morgan fingerprint density at radius 3 is 2.30 bits per heavy atom. The van der Waals surface area contributed by atoms with Crippen LogP contribution < -0.4 is 19.5 Å². The molecule has 3 rings (SSSR count). The number of anilines is 1. The summed E-state index contributed by atoms with van der Waals surface area (Å²) in [6.45, 7) is 0.280. The fourth-order valence-electron chi connectivity index (χ4n) is 2.85. The van der Waals surface area contributed by atoms with E-state index in [1.165, 1.54) is 0 Å². The first-order valence-corrected chi connectivity index (χ1v) is 9.98. The van der Waals surface area contributed by atoms with Crippen molar-refractivity contribution < 1.29 is 14.2 Å². The predicted octanol–water partition coefficient (Wildman–Crippen LogP) is 4.18. The Kier molecular flexibility index (Phi) is 7.35. The second-order valence-corrected chi connectivity index (χ2v) is 7.25. The summed E-state index contributed by atoms with van der Waals surface area (Å²) in [5, 5.41) is 12.5. The molecule has 0 saturated heterocycles. The Bertz CT molecular complexity index is 1010. The molecule has 0 bridgehead atoms. The van der Waals surface area contributed by atoms with Crippen LogP contribution in [0.25, 0.3) is 0 Å². The minimum atomic E-state index is 0.280. The summed E-state index contributed by atoms with van der Waals surface area (Å²) < 4.78 is 16.2. The monoisotopic (exact) mass is 422 g/mol. The van der Waals surface area contributed by atoms with E-state index in [1.54, 1.807) is 39.3 Å². The maximum Gasteiger partial charge on any atom is 0.203 e. The van der Waals surface area contributed by atoms with Crippen LogP contribution in [0.4, 0.5) is 5.69 Å². The number of hydrogen-bond acceptors (Lipinski definition) is 8. The van der Waals surface area contributed by atoms with Crippen LogP contribution in [0.3, 0.4) is 0 Å². The fourth-order valence-corrected chi connectivity index (χ4v) is 3.64. The highest BCUT2D eigenvalue weighted by atomic mass is 32.2.